The third kappa shape index (κ3) is 3.53. The number of aromatic nitrogens is 3. The summed E-state index contributed by atoms with van der Waals surface area (Å²) in [4.78, 5) is 16.2. The van der Waals surface area contributed by atoms with Crippen molar-refractivity contribution in [2.45, 2.75) is 64.0 Å². The molecule has 0 aromatic carbocycles. The number of carbonyl (C=O) groups is 1. The topological polar surface area (TPSA) is 90.9 Å². The molecular formula is C13H22N4O2. The smallest absolute Gasteiger partial charge is 0.291 e. The van der Waals surface area contributed by atoms with E-state index >= 15 is 0 Å². The third-order valence-corrected chi connectivity index (χ3v) is 3.38. The van der Waals surface area contributed by atoms with Crippen LogP contribution in [0.25, 0.3) is 0 Å². The first-order valence-electron chi connectivity index (χ1n) is 6.78. The van der Waals surface area contributed by atoms with Crippen LogP contribution in [0.4, 0.5) is 0 Å². The fraction of sp³-hybridized carbons (Fsp3) is 0.769. The Bertz CT molecular complexity index is 450. The summed E-state index contributed by atoms with van der Waals surface area (Å²) in [7, 11) is 0. The predicted molar refractivity (Wildman–Crippen MR) is 70.8 cm³/mol. The number of H-pyrrole nitrogens is 1. The van der Waals surface area contributed by atoms with E-state index in [1.54, 1.807) is 0 Å². The summed E-state index contributed by atoms with van der Waals surface area (Å²) in [5.74, 6) is 0.595. The number of nitrogens with one attached hydrogen (secondary N) is 2. The van der Waals surface area contributed by atoms with Crippen LogP contribution in [0, 0.1) is 0 Å². The lowest BCUT2D eigenvalue weighted by Gasteiger charge is -2.26. The van der Waals surface area contributed by atoms with Crippen LogP contribution >= 0.6 is 0 Å². The van der Waals surface area contributed by atoms with Gasteiger partial charge in [-0.15, -0.1) is 5.10 Å². The average Bonchev–Trinajstić information content (AvgIpc) is 2.77. The summed E-state index contributed by atoms with van der Waals surface area (Å²) >= 11 is 0. The Labute approximate surface area is 113 Å². The van der Waals surface area contributed by atoms with Gasteiger partial charge in [-0.1, -0.05) is 20.8 Å². The molecule has 2 atom stereocenters. The van der Waals surface area contributed by atoms with Gasteiger partial charge in [0.2, 0.25) is 5.82 Å². The zero-order valence-electron chi connectivity index (χ0n) is 11.7. The number of carbonyl (C=O) groups excluding carboxylic acids is 1. The van der Waals surface area contributed by atoms with E-state index in [4.69, 9.17) is 0 Å². The maximum absolute atomic E-state index is 12.0. The van der Waals surface area contributed by atoms with Gasteiger partial charge in [-0.2, -0.15) is 0 Å². The quantitative estimate of drug-likeness (QED) is 0.748. The molecule has 1 aromatic heterocycles. The molecule has 1 aliphatic carbocycles. The summed E-state index contributed by atoms with van der Waals surface area (Å²) in [5, 5.41) is 19.2. The summed E-state index contributed by atoms with van der Waals surface area (Å²) < 4.78 is 0. The summed E-state index contributed by atoms with van der Waals surface area (Å²) in [5.41, 5.74) is -0.160. The predicted octanol–water partition coefficient (Wildman–Crippen LogP) is 1.14. The number of amides is 1. The van der Waals surface area contributed by atoms with Crippen molar-refractivity contribution in [3.05, 3.63) is 11.6 Å². The minimum atomic E-state index is -0.309. The van der Waals surface area contributed by atoms with E-state index in [0.717, 1.165) is 19.3 Å². The van der Waals surface area contributed by atoms with E-state index in [-0.39, 0.29) is 29.3 Å². The summed E-state index contributed by atoms with van der Waals surface area (Å²) in [6.07, 6.45) is 2.97. The molecule has 0 aliphatic heterocycles. The van der Waals surface area contributed by atoms with Crippen LogP contribution in [0.3, 0.4) is 0 Å². The molecule has 2 unspecified atom stereocenters. The molecular weight excluding hydrogens is 244 g/mol. The Morgan fingerprint density at radius 1 is 1.42 bits per heavy atom. The molecule has 1 aliphatic rings. The molecule has 1 aromatic rings. The lowest BCUT2D eigenvalue weighted by atomic mass is 9.93. The van der Waals surface area contributed by atoms with Crippen LogP contribution in [0.2, 0.25) is 0 Å². The second-order valence-electron chi connectivity index (χ2n) is 6.25. The Morgan fingerprint density at radius 2 is 2.16 bits per heavy atom. The maximum Gasteiger partial charge on any atom is 0.291 e. The highest BCUT2D eigenvalue weighted by molar-refractivity contribution is 5.90. The van der Waals surface area contributed by atoms with Crippen molar-refractivity contribution in [2.24, 2.45) is 0 Å². The fourth-order valence-corrected chi connectivity index (χ4v) is 2.24. The first kappa shape index (κ1) is 14.0. The number of aromatic amines is 1. The van der Waals surface area contributed by atoms with Crippen molar-refractivity contribution in [3.8, 4) is 0 Å². The van der Waals surface area contributed by atoms with Crippen LogP contribution in [0.1, 0.15) is 62.9 Å². The van der Waals surface area contributed by atoms with Crippen molar-refractivity contribution in [3.63, 3.8) is 0 Å². The second-order valence-corrected chi connectivity index (χ2v) is 6.25. The van der Waals surface area contributed by atoms with Crippen molar-refractivity contribution in [1.82, 2.24) is 20.5 Å². The standard InChI is InChI=1S/C13H22N4O2/c1-13(2,3)12-15-10(16-17-12)11(19)14-8-5-4-6-9(18)7-8/h8-9,18H,4-7H2,1-3H3,(H,14,19)(H,15,16,17). The maximum atomic E-state index is 12.0. The molecule has 1 amide bonds. The van der Waals surface area contributed by atoms with Crippen molar-refractivity contribution < 1.29 is 9.90 Å². The molecule has 2 rings (SSSR count). The minimum absolute atomic E-state index is 0.0211. The van der Waals surface area contributed by atoms with E-state index in [9.17, 15) is 9.90 Å². The molecule has 1 heterocycles. The van der Waals surface area contributed by atoms with Crippen LogP contribution in [-0.2, 0) is 5.41 Å². The lowest BCUT2D eigenvalue weighted by molar-refractivity contribution is 0.0841. The fourth-order valence-electron chi connectivity index (χ4n) is 2.24. The van der Waals surface area contributed by atoms with Gasteiger partial charge in [-0.05, 0) is 25.7 Å². The van der Waals surface area contributed by atoms with Gasteiger partial charge in [-0.25, -0.2) is 4.98 Å². The van der Waals surface area contributed by atoms with Gasteiger partial charge < -0.3 is 10.4 Å². The van der Waals surface area contributed by atoms with E-state index in [1.165, 1.54) is 0 Å². The second kappa shape index (κ2) is 5.28. The van der Waals surface area contributed by atoms with Crippen LogP contribution < -0.4 is 5.32 Å². The lowest BCUT2D eigenvalue weighted by Crippen LogP contribution is -2.40. The first-order valence-corrected chi connectivity index (χ1v) is 6.78. The Balaban J connectivity index is 1.98. The van der Waals surface area contributed by atoms with Gasteiger partial charge in [0.15, 0.2) is 0 Å². The SMILES string of the molecule is CC(C)(C)c1nc(C(=O)NC2CCCC(O)C2)n[nH]1. The molecule has 19 heavy (non-hydrogen) atoms. The normalized spacial score (nSPS) is 24.2. The van der Waals surface area contributed by atoms with Gasteiger partial charge in [0.1, 0.15) is 5.82 Å². The highest BCUT2D eigenvalue weighted by atomic mass is 16.3. The van der Waals surface area contributed by atoms with E-state index < -0.39 is 0 Å². The van der Waals surface area contributed by atoms with Crippen LogP contribution in [0.15, 0.2) is 0 Å². The number of aliphatic hydroxyl groups excluding tert-OH is 1. The average molecular weight is 266 g/mol. The van der Waals surface area contributed by atoms with Gasteiger partial charge in [0, 0.05) is 11.5 Å². The molecule has 0 spiro atoms. The largest absolute Gasteiger partial charge is 0.393 e. The van der Waals surface area contributed by atoms with Crippen molar-refractivity contribution in [2.75, 3.05) is 0 Å². The first-order chi connectivity index (χ1) is 8.86. The van der Waals surface area contributed by atoms with E-state index in [0.29, 0.717) is 12.2 Å². The zero-order valence-corrected chi connectivity index (χ0v) is 11.7. The highest BCUT2D eigenvalue weighted by Gasteiger charge is 2.25. The van der Waals surface area contributed by atoms with Gasteiger partial charge >= 0.3 is 0 Å². The van der Waals surface area contributed by atoms with Gasteiger partial charge in [0.25, 0.3) is 5.91 Å². The number of nitrogens with zero attached hydrogens (tertiary/aromatic N) is 2. The molecule has 1 fully saturated rings. The van der Waals surface area contributed by atoms with Crippen LogP contribution in [-0.4, -0.2) is 38.3 Å². The van der Waals surface area contributed by atoms with E-state index in [1.807, 2.05) is 20.8 Å². The molecule has 106 valence electrons. The molecule has 0 saturated heterocycles. The van der Waals surface area contributed by atoms with Crippen molar-refractivity contribution >= 4 is 5.91 Å². The number of rotatable bonds is 2. The van der Waals surface area contributed by atoms with E-state index in [2.05, 4.69) is 20.5 Å². The summed E-state index contributed by atoms with van der Waals surface area (Å²) in [6, 6.07) is 0.0211. The molecule has 1 saturated carbocycles. The monoisotopic (exact) mass is 266 g/mol. The molecule has 0 radical (unpaired) electrons. The molecule has 6 nitrogen and oxygen atoms in total. The molecule has 6 heteroatoms. The Hall–Kier alpha value is -1.43. The Kier molecular flexibility index (Phi) is 3.89. The number of hydrogen-bond acceptors (Lipinski definition) is 4. The molecule has 0 bridgehead atoms. The van der Waals surface area contributed by atoms with Crippen molar-refractivity contribution in [1.29, 1.82) is 0 Å². The number of aliphatic hydroxyl groups is 1. The van der Waals surface area contributed by atoms with Gasteiger partial charge in [-0.3, -0.25) is 9.89 Å². The Morgan fingerprint density at radius 3 is 2.74 bits per heavy atom. The molecule has 3 N–H and O–H groups in total. The zero-order chi connectivity index (χ0) is 14.0. The summed E-state index contributed by atoms with van der Waals surface area (Å²) in [6.45, 7) is 6.02. The number of hydrogen-bond donors (Lipinski definition) is 3. The van der Waals surface area contributed by atoms with Crippen LogP contribution in [0.5, 0.6) is 0 Å². The third-order valence-electron chi connectivity index (χ3n) is 3.38. The minimum Gasteiger partial charge on any atom is -0.393 e. The van der Waals surface area contributed by atoms with Gasteiger partial charge in [0.05, 0.1) is 6.10 Å². The highest BCUT2D eigenvalue weighted by Crippen LogP contribution is 2.19.